The maximum Gasteiger partial charge on any atom is 0.230 e. The average molecular weight is 546 g/mol. The molecule has 2 aliphatic heterocycles. The summed E-state index contributed by atoms with van der Waals surface area (Å²) >= 11 is 6.58. The summed E-state index contributed by atoms with van der Waals surface area (Å²) in [7, 11) is 5.90. The molecule has 0 atom stereocenters. The van der Waals surface area contributed by atoms with E-state index < -0.39 is 0 Å². The van der Waals surface area contributed by atoms with Crippen LogP contribution in [0.1, 0.15) is 12.8 Å². The minimum absolute atomic E-state index is 0.513. The number of halogens is 1. The van der Waals surface area contributed by atoms with Gasteiger partial charge in [-0.2, -0.15) is 0 Å². The second-order valence-corrected chi connectivity index (χ2v) is 11.0. The molecule has 0 amide bonds. The van der Waals surface area contributed by atoms with Crippen molar-refractivity contribution in [2.45, 2.75) is 18.9 Å². The van der Waals surface area contributed by atoms with Gasteiger partial charge in [0, 0.05) is 86.8 Å². The first-order valence-electron chi connectivity index (χ1n) is 13.7. The number of nitrogens with zero attached hydrogens (tertiary/aromatic N) is 6. The maximum atomic E-state index is 6.58. The van der Waals surface area contributed by atoms with Crippen LogP contribution in [0.4, 0.5) is 17.3 Å². The van der Waals surface area contributed by atoms with Gasteiger partial charge in [-0.05, 0) is 38.1 Å². The summed E-state index contributed by atoms with van der Waals surface area (Å²) in [5.74, 6) is 1.35. The first kappa shape index (κ1) is 25.9. The minimum atomic E-state index is 0.513. The highest BCUT2D eigenvalue weighted by atomic mass is 35.5. The van der Waals surface area contributed by atoms with Crippen LogP contribution in [0.2, 0.25) is 5.02 Å². The number of ether oxygens (including phenoxy) is 1. The van der Waals surface area contributed by atoms with Crippen LogP contribution in [-0.4, -0.2) is 91.3 Å². The summed E-state index contributed by atoms with van der Waals surface area (Å²) in [6.07, 6.45) is 6.01. The van der Waals surface area contributed by atoms with Crippen LogP contribution in [-0.2, 0) is 0 Å². The van der Waals surface area contributed by atoms with Gasteiger partial charge in [0.25, 0.3) is 0 Å². The van der Waals surface area contributed by atoms with Crippen LogP contribution in [0.3, 0.4) is 0 Å². The van der Waals surface area contributed by atoms with Crippen molar-refractivity contribution in [2.24, 2.45) is 0 Å². The lowest BCUT2D eigenvalue weighted by atomic mass is 10.0. The predicted octanol–water partition coefficient (Wildman–Crippen LogP) is 5.27. The van der Waals surface area contributed by atoms with Crippen LogP contribution in [0.5, 0.6) is 5.75 Å². The number of methoxy groups -OCH3 is 1. The van der Waals surface area contributed by atoms with Crippen LogP contribution < -0.4 is 14.5 Å². The van der Waals surface area contributed by atoms with Gasteiger partial charge in [-0.3, -0.25) is 4.90 Å². The smallest absolute Gasteiger partial charge is 0.230 e. The number of hydrogen-bond donors (Lipinski definition) is 1. The third-order valence-electron chi connectivity index (χ3n) is 8.28. The zero-order valence-corrected chi connectivity index (χ0v) is 23.7. The number of likely N-dealkylation sites (N-methyl/N-ethyl adjacent to an activating group) is 1. The van der Waals surface area contributed by atoms with Crippen LogP contribution >= 0.6 is 11.6 Å². The van der Waals surface area contributed by atoms with Crippen molar-refractivity contribution in [1.82, 2.24) is 24.8 Å². The molecule has 8 nitrogen and oxygen atoms in total. The lowest BCUT2D eigenvalue weighted by molar-refractivity contribution is 0.0982. The topological polar surface area (TPSA) is 63.8 Å². The van der Waals surface area contributed by atoms with E-state index in [0.29, 0.717) is 22.7 Å². The summed E-state index contributed by atoms with van der Waals surface area (Å²) in [6.45, 7) is 6.84. The molecule has 2 fully saturated rings. The van der Waals surface area contributed by atoms with E-state index in [9.17, 15) is 0 Å². The number of para-hydroxylation sites is 1. The molecule has 4 aromatic rings. The number of fused-ring (bicyclic) bond motifs is 1. The fourth-order valence-corrected chi connectivity index (χ4v) is 6.09. The Balaban J connectivity index is 1.20. The zero-order valence-electron chi connectivity index (χ0n) is 22.9. The Labute approximate surface area is 235 Å². The molecule has 39 heavy (non-hydrogen) atoms. The van der Waals surface area contributed by atoms with Gasteiger partial charge >= 0.3 is 0 Å². The molecule has 0 saturated carbocycles. The molecule has 0 spiro atoms. The van der Waals surface area contributed by atoms with Gasteiger partial charge in [0.05, 0.1) is 29.7 Å². The van der Waals surface area contributed by atoms with Crippen molar-refractivity contribution in [3.8, 4) is 17.0 Å². The molecule has 2 saturated heterocycles. The quantitative estimate of drug-likeness (QED) is 0.354. The largest absolute Gasteiger partial charge is 0.494 e. The van der Waals surface area contributed by atoms with Crippen molar-refractivity contribution in [3.63, 3.8) is 0 Å². The normalized spacial score (nSPS) is 17.6. The van der Waals surface area contributed by atoms with E-state index in [-0.39, 0.29) is 0 Å². The van der Waals surface area contributed by atoms with Crippen LogP contribution in [0.25, 0.3) is 22.2 Å². The Morgan fingerprint density at radius 3 is 2.56 bits per heavy atom. The lowest BCUT2D eigenvalue weighted by Crippen LogP contribution is -2.52. The van der Waals surface area contributed by atoms with Crippen LogP contribution in [0, 0.1) is 0 Å². The third-order valence-corrected chi connectivity index (χ3v) is 8.56. The Morgan fingerprint density at radius 2 is 1.79 bits per heavy atom. The highest BCUT2D eigenvalue weighted by molar-refractivity contribution is 6.33. The molecule has 1 N–H and O–H groups in total. The highest BCUT2D eigenvalue weighted by Gasteiger charge is 2.27. The third kappa shape index (κ3) is 5.16. The first-order valence-corrected chi connectivity index (χ1v) is 14.1. The molecule has 2 aromatic carbocycles. The number of anilines is 3. The van der Waals surface area contributed by atoms with Gasteiger partial charge in [0.15, 0.2) is 0 Å². The number of aromatic nitrogens is 3. The summed E-state index contributed by atoms with van der Waals surface area (Å²) < 4.78 is 5.86. The number of piperazine rings is 1. The molecule has 0 unspecified atom stereocenters. The number of piperidine rings is 1. The molecule has 4 heterocycles. The Hall–Kier alpha value is -3.33. The number of nitrogens with one attached hydrogen (secondary N) is 1. The summed E-state index contributed by atoms with van der Waals surface area (Å²) in [6, 6.07) is 15.2. The van der Waals surface area contributed by atoms with Gasteiger partial charge in [0.2, 0.25) is 5.95 Å². The first-order chi connectivity index (χ1) is 19.0. The second-order valence-electron chi connectivity index (χ2n) is 10.6. The minimum Gasteiger partial charge on any atom is -0.494 e. The Kier molecular flexibility index (Phi) is 7.34. The number of benzene rings is 2. The van der Waals surface area contributed by atoms with E-state index >= 15 is 0 Å². The van der Waals surface area contributed by atoms with E-state index in [1.807, 2.05) is 36.3 Å². The molecule has 0 aliphatic carbocycles. The molecule has 204 valence electrons. The molecule has 0 bridgehead atoms. The van der Waals surface area contributed by atoms with Crippen molar-refractivity contribution in [3.05, 3.63) is 59.9 Å². The summed E-state index contributed by atoms with van der Waals surface area (Å²) in [5, 5.41) is 1.59. The Bertz CT molecular complexity index is 1440. The number of rotatable bonds is 6. The van der Waals surface area contributed by atoms with Gasteiger partial charge in [-0.25, -0.2) is 9.97 Å². The van der Waals surface area contributed by atoms with Crippen molar-refractivity contribution < 1.29 is 4.74 Å². The van der Waals surface area contributed by atoms with Gasteiger partial charge < -0.3 is 24.4 Å². The SMILES string of the molecule is COc1cc(N2CCC(N3CCN(C)CC3)CC2)ccc1N(C)c1ncc(Cl)c(-c2c[nH]c3ccccc23)n1. The fraction of sp³-hybridized carbons (Fsp3) is 0.400. The molecule has 0 radical (unpaired) electrons. The maximum absolute atomic E-state index is 6.58. The van der Waals surface area contributed by atoms with Crippen LogP contribution in [0.15, 0.2) is 54.9 Å². The standard InChI is InChI=1S/C30H36ClN7O/c1-35-14-16-38(17-15-35)21-10-12-37(13-11-21)22-8-9-27(28(18-22)39-3)36(2)30-33-20-25(31)29(34-30)24-19-32-26-7-5-4-6-23(24)26/h4-9,18-21,32H,10-17H2,1-3H3. The number of hydrogen-bond acceptors (Lipinski definition) is 7. The van der Waals surface area contributed by atoms with Gasteiger partial charge in [-0.1, -0.05) is 29.8 Å². The molecule has 2 aromatic heterocycles. The molecule has 2 aliphatic rings. The molecule has 9 heteroatoms. The van der Waals surface area contributed by atoms with Crippen molar-refractivity contribution in [1.29, 1.82) is 0 Å². The highest BCUT2D eigenvalue weighted by Crippen LogP contribution is 2.38. The van der Waals surface area contributed by atoms with E-state index in [2.05, 4.69) is 56.0 Å². The monoisotopic (exact) mass is 545 g/mol. The molecular weight excluding hydrogens is 510 g/mol. The number of H-pyrrole nitrogens is 1. The van der Waals surface area contributed by atoms with Crippen molar-refractivity contribution >= 4 is 39.8 Å². The fourth-order valence-electron chi connectivity index (χ4n) is 5.90. The Morgan fingerprint density at radius 1 is 1.03 bits per heavy atom. The van der Waals surface area contributed by atoms with Crippen molar-refractivity contribution in [2.75, 3.05) is 70.3 Å². The van der Waals surface area contributed by atoms with Gasteiger partial charge in [0.1, 0.15) is 5.75 Å². The molecular formula is C30H36ClN7O. The summed E-state index contributed by atoms with van der Waals surface area (Å²) in [5.41, 5.74) is 4.79. The average Bonchev–Trinajstić information content (AvgIpc) is 3.41. The van der Waals surface area contributed by atoms with E-state index in [1.165, 1.54) is 44.7 Å². The number of aromatic amines is 1. The molecule has 6 rings (SSSR count). The van der Waals surface area contributed by atoms with Gasteiger partial charge in [-0.15, -0.1) is 0 Å². The van der Waals surface area contributed by atoms with E-state index in [0.717, 1.165) is 41.0 Å². The lowest BCUT2D eigenvalue weighted by Gasteiger charge is -2.42. The van der Waals surface area contributed by atoms with E-state index in [1.54, 1.807) is 13.3 Å². The zero-order chi connectivity index (χ0) is 26.9. The second kappa shape index (κ2) is 11.0. The summed E-state index contributed by atoms with van der Waals surface area (Å²) in [4.78, 5) is 22.3. The predicted molar refractivity (Wildman–Crippen MR) is 160 cm³/mol. The van der Waals surface area contributed by atoms with E-state index in [4.69, 9.17) is 21.3 Å².